The van der Waals surface area contributed by atoms with Gasteiger partial charge < -0.3 is 5.11 Å². The molecule has 0 spiro atoms. The third kappa shape index (κ3) is 2.47. The number of aliphatic hydroxyl groups is 1. The summed E-state index contributed by atoms with van der Waals surface area (Å²) >= 11 is 1.58. The monoisotopic (exact) mass is 224 g/mol. The van der Waals surface area contributed by atoms with Gasteiger partial charge in [-0.1, -0.05) is 25.3 Å². The third-order valence-electron chi connectivity index (χ3n) is 3.11. The van der Waals surface area contributed by atoms with Gasteiger partial charge in [-0.3, -0.25) is 4.79 Å². The molecule has 0 atom stereocenters. The summed E-state index contributed by atoms with van der Waals surface area (Å²) in [5, 5.41) is 12.2. The average Bonchev–Trinajstić information content (AvgIpc) is 2.71. The van der Waals surface area contributed by atoms with E-state index in [1.807, 2.05) is 17.5 Å². The quantitative estimate of drug-likeness (QED) is 0.856. The van der Waals surface area contributed by atoms with Crippen LogP contribution in [0.4, 0.5) is 0 Å². The van der Waals surface area contributed by atoms with Crippen LogP contribution in [0.2, 0.25) is 0 Å². The maximum absolute atomic E-state index is 11.9. The second-order valence-corrected chi connectivity index (χ2v) is 5.30. The van der Waals surface area contributed by atoms with Crippen molar-refractivity contribution < 1.29 is 9.90 Å². The molecule has 0 saturated heterocycles. The summed E-state index contributed by atoms with van der Waals surface area (Å²) in [5.74, 6) is 0.00431. The van der Waals surface area contributed by atoms with E-state index < -0.39 is 5.60 Å². The van der Waals surface area contributed by atoms with Gasteiger partial charge in [0.15, 0.2) is 5.78 Å². The molecule has 0 unspecified atom stereocenters. The Bertz CT molecular complexity index is 323. The first-order valence-electron chi connectivity index (χ1n) is 5.49. The van der Waals surface area contributed by atoms with Crippen LogP contribution in [0.15, 0.2) is 17.5 Å². The summed E-state index contributed by atoms with van der Waals surface area (Å²) in [7, 11) is 0. The number of rotatable bonds is 3. The fourth-order valence-corrected chi connectivity index (χ4v) is 2.85. The highest BCUT2D eigenvalue weighted by Gasteiger charge is 2.36. The van der Waals surface area contributed by atoms with E-state index in [9.17, 15) is 9.90 Å². The summed E-state index contributed by atoms with van der Waals surface area (Å²) in [6.07, 6.45) is 4.80. The number of carbonyl (C=O) groups is 1. The smallest absolute Gasteiger partial charge is 0.169 e. The number of hydrogen-bond acceptors (Lipinski definition) is 3. The van der Waals surface area contributed by atoms with Gasteiger partial charge in [-0.2, -0.15) is 0 Å². The fraction of sp³-hybridized carbons (Fsp3) is 0.583. The topological polar surface area (TPSA) is 37.3 Å². The Balaban J connectivity index is 2.00. The highest BCUT2D eigenvalue weighted by atomic mass is 32.1. The Hall–Kier alpha value is -0.670. The van der Waals surface area contributed by atoms with Crippen LogP contribution >= 0.6 is 11.3 Å². The number of Topliss-reactive ketones (excluding diaryl/α,β-unsaturated/α-hetero) is 1. The molecule has 82 valence electrons. The standard InChI is InChI=1S/C12H16O2S/c13-11(9-10-5-4-8-15-10)12(14)6-2-1-3-7-12/h4-5,8,14H,1-3,6-7,9H2. The molecule has 2 nitrogen and oxygen atoms in total. The Morgan fingerprint density at radius 1 is 1.40 bits per heavy atom. The molecule has 0 bridgehead atoms. The maximum atomic E-state index is 11.9. The Labute approximate surface area is 93.9 Å². The molecule has 0 amide bonds. The van der Waals surface area contributed by atoms with Gasteiger partial charge in [-0.15, -0.1) is 11.3 Å². The molecule has 1 fully saturated rings. The van der Waals surface area contributed by atoms with Gasteiger partial charge in [-0.05, 0) is 24.3 Å². The van der Waals surface area contributed by atoms with Crippen molar-refractivity contribution in [2.45, 2.75) is 44.1 Å². The van der Waals surface area contributed by atoms with Crippen molar-refractivity contribution >= 4 is 17.1 Å². The van der Waals surface area contributed by atoms with Crippen LogP contribution < -0.4 is 0 Å². The van der Waals surface area contributed by atoms with E-state index >= 15 is 0 Å². The first-order valence-corrected chi connectivity index (χ1v) is 6.37. The van der Waals surface area contributed by atoms with Crippen LogP contribution in [0.5, 0.6) is 0 Å². The highest BCUT2D eigenvalue weighted by molar-refractivity contribution is 7.10. The van der Waals surface area contributed by atoms with Crippen LogP contribution in [-0.4, -0.2) is 16.5 Å². The molecule has 15 heavy (non-hydrogen) atoms. The van der Waals surface area contributed by atoms with Gasteiger partial charge in [0.05, 0.1) is 0 Å². The lowest BCUT2D eigenvalue weighted by molar-refractivity contribution is -0.139. The molecule has 2 rings (SSSR count). The van der Waals surface area contributed by atoms with E-state index in [1.165, 1.54) is 0 Å². The minimum absolute atomic E-state index is 0.00431. The Kier molecular flexibility index (Phi) is 3.22. The molecule has 1 aliphatic rings. The van der Waals surface area contributed by atoms with Gasteiger partial charge in [0.2, 0.25) is 0 Å². The number of hydrogen-bond donors (Lipinski definition) is 1. The van der Waals surface area contributed by atoms with Gasteiger partial charge in [0.1, 0.15) is 5.60 Å². The van der Waals surface area contributed by atoms with Gasteiger partial charge in [0, 0.05) is 11.3 Å². The van der Waals surface area contributed by atoms with E-state index in [4.69, 9.17) is 0 Å². The molecule has 0 radical (unpaired) electrons. The normalized spacial score (nSPS) is 20.1. The molecule has 1 aliphatic carbocycles. The summed E-state index contributed by atoms with van der Waals surface area (Å²) < 4.78 is 0. The van der Waals surface area contributed by atoms with Crippen LogP contribution in [0.25, 0.3) is 0 Å². The molecule has 1 heterocycles. The first kappa shape index (κ1) is 10.8. The van der Waals surface area contributed by atoms with Crippen LogP contribution in [-0.2, 0) is 11.2 Å². The Morgan fingerprint density at radius 2 is 2.13 bits per heavy atom. The summed E-state index contributed by atoms with van der Waals surface area (Å²) in [5.41, 5.74) is -1.03. The lowest BCUT2D eigenvalue weighted by Gasteiger charge is -2.30. The largest absolute Gasteiger partial charge is 0.382 e. The van der Waals surface area contributed by atoms with Crippen molar-refractivity contribution in [3.8, 4) is 0 Å². The van der Waals surface area contributed by atoms with Gasteiger partial charge >= 0.3 is 0 Å². The lowest BCUT2D eigenvalue weighted by atomic mass is 9.80. The summed E-state index contributed by atoms with van der Waals surface area (Å²) in [6.45, 7) is 0. The molecule has 0 aromatic carbocycles. The van der Waals surface area contributed by atoms with Gasteiger partial charge in [0.25, 0.3) is 0 Å². The second-order valence-electron chi connectivity index (χ2n) is 4.27. The summed E-state index contributed by atoms with van der Waals surface area (Å²) in [6, 6.07) is 3.90. The first-order chi connectivity index (χ1) is 7.21. The maximum Gasteiger partial charge on any atom is 0.169 e. The van der Waals surface area contributed by atoms with Crippen LogP contribution in [0, 0.1) is 0 Å². The summed E-state index contributed by atoms with van der Waals surface area (Å²) in [4.78, 5) is 13.0. The zero-order chi connectivity index (χ0) is 10.7. The third-order valence-corrected chi connectivity index (χ3v) is 3.99. The average molecular weight is 224 g/mol. The number of ketones is 1. The van der Waals surface area contributed by atoms with E-state index in [2.05, 4.69) is 0 Å². The number of thiophene rings is 1. The van der Waals surface area contributed by atoms with E-state index in [0.29, 0.717) is 19.3 Å². The van der Waals surface area contributed by atoms with E-state index in [0.717, 1.165) is 24.1 Å². The second kappa shape index (κ2) is 4.45. The fourth-order valence-electron chi connectivity index (χ4n) is 2.15. The molecule has 1 saturated carbocycles. The molecular weight excluding hydrogens is 208 g/mol. The van der Waals surface area contributed by atoms with E-state index in [1.54, 1.807) is 11.3 Å². The molecule has 1 N–H and O–H groups in total. The van der Waals surface area contributed by atoms with Crippen molar-refractivity contribution in [3.05, 3.63) is 22.4 Å². The minimum atomic E-state index is -1.03. The molecule has 0 aliphatic heterocycles. The highest BCUT2D eigenvalue weighted by Crippen LogP contribution is 2.30. The SMILES string of the molecule is O=C(Cc1cccs1)C1(O)CCCCC1. The van der Waals surface area contributed by atoms with Gasteiger partial charge in [-0.25, -0.2) is 0 Å². The van der Waals surface area contributed by atoms with Crippen LogP contribution in [0.1, 0.15) is 37.0 Å². The lowest BCUT2D eigenvalue weighted by Crippen LogP contribution is -2.41. The van der Waals surface area contributed by atoms with Crippen molar-refractivity contribution in [2.24, 2.45) is 0 Å². The van der Waals surface area contributed by atoms with Crippen molar-refractivity contribution in [1.29, 1.82) is 0 Å². The molecule has 1 aromatic heterocycles. The molecule has 3 heteroatoms. The Morgan fingerprint density at radius 3 is 2.73 bits per heavy atom. The van der Waals surface area contributed by atoms with Crippen molar-refractivity contribution in [2.75, 3.05) is 0 Å². The molecular formula is C12H16O2S. The van der Waals surface area contributed by atoms with Crippen LogP contribution in [0.3, 0.4) is 0 Å². The zero-order valence-electron chi connectivity index (χ0n) is 8.74. The number of carbonyl (C=O) groups excluding carboxylic acids is 1. The minimum Gasteiger partial charge on any atom is -0.382 e. The van der Waals surface area contributed by atoms with Crippen molar-refractivity contribution in [3.63, 3.8) is 0 Å². The molecule has 1 aromatic rings. The van der Waals surface area contributed by atoms with E-state index in [-0.39, 0.29) is 5.78 Å². The van der Waals surface area contributed by atoms with Crippen molar-refractivity contribution in [1.82, 2.24) is 0 Å². The predicted octanol–water partition coefficient (Wildman–Crippen LogP) is 2.55. The zero-order valence-corrected chi connectivity index (χ0v) is 9.55. The predicted molar refractivity (Wildman–Crippen MR) is 61.1 cm³/mol.